The molecule has 0 heterocycles. The summed E-state index contributed by atoms with van der Waals surface area (Å²) in [6.07, 6.45) is 1.21. The first-order valence-electron chi connectivity index (χ1n) is 6.18. The van der Waals surface area contributed by atoms with E-state index in [2.05, 4.69) is 0 Å². The molecule has 0 radical (unpaired) electrons. The molecule has 0 saturated carbocycles. The van der Waals surface area contributed by atoms with Crippen molar-refractivity contribution < 1.29 is 29.5 Å². The van der Waals surface area contributed by atoms with E-state index in [0.29, 0.717) is 6.42 Å². The van der Waals surface area contributed by atoms with Crippen LogP contribution < -0.4 is 0 Å². The number of hydrogen-bond donors (Lipinski definition) is 1. The molecule has 0 aliphatic heterocycles. The zero-order chi connectivity index (χ0) is 14.0. The van der Waals surface area contributed by atoms with Crippen molar-refractivity contribution in [2.75, 3.05) is 13.2 Å². The van der Waals surface area contributed by atoms with Crippen LogP contribution >= 0.6 is 0 Å². The number of carboxylic acids is 1. The summed E-state index contributed by atoms with van der Waals surface area (Å²) in [6.45, 7) is 7.85. The molecule has 0 aromatic heterocycles. The van der Waals surface area contributed by atoms with Crippen LogP contribution in [0.5, 0.6) is 0 Å². The average Bonchev–Trinajstić information content (AvgIpc) is 2.25. The van der Waals surface area contributed by atoms with Gasteiger partial charge in [0.25, 0.3) is 0 Å². The lowest BCUT2D eigenvalue weighted by molar-refractivity contribution is -0.377. The van der Waals surface area contributed by atoms with E-state index in [4.69, 9.17) is 24.7 Å². The molecular weight excluding hydrogens is 240 g/mol. The second kappa shape index (κ2) is 9.27. The number of unbranched alkanes of at least 4 members (excludes halogenated alkanes) is 1. The maximum absolute atomic E-state index is 10.8. The van der Waals surface area contributed by atoms with E-state index in [1.165, 1.54) is 0 Å². The third-order valence-corrected chi connectivity index (χ3v) is 1.84. The standard InChI is InChI=1S/C12H24O6/c1-5-6-7-10(11(13)14)17-15-8-9-16-18-12(2,3)4/h10H,5-9H2,1-4H3,(H,13,14). The van der Waals surface area contributed by atoms with E-state index in [-0.39, 0.29) is 18.8 Å². The van der Waals surface area contributed by atoms with Crippen LogP contribution in [0, 0.1) is 0 Å². The van der Waals surface area contributed by atoms with Gasteiger partial charge in [-0.15, -0.1) is 0 Å². The van der Waals surface area contributed by atoms with Crippen LogP contribution in [0.2, 0.25) is 0 Å². The van der Waals surface area contributed by atoms with Crippen molar-refractivity contribution in [2.24, 2.45) is 0 Å². The third kappa shape index (κ3) is 10.5. The van der Waals surface area contributed by atoms with Gasteiger partial charge in [0.15, 0.2) is 6.10 Å². The van der Waals surface area contributed by atoms with Gasteiger partial charge in [0.2, 0.25) is 0 Å². The van der Waals surface area contributed by atoms with Crippen LogP contribution in [-0.2, 0) is 24.3 Å². The van der Waals surface area contributed by atoms with Crippen LogP contribution in [-0.4, -0.2) is 36.0 Å². The molecule has 6 nitrogen and oxygen atoms in total. The highest BCUT2D eigenvalue weighted by molar-refractivity contribution is 5.72. The Labute approximate surface area is 108 Å². The van der Waals surface area contributed by atoms with Gasteiger partial charge in [-0.3, -0.25) is 0 Å². The maximum Gasteiger partial charge on any atom is 0.336 e. The van der Waals surface area contributed by atoms with Crippen LogP contribution in [0.3, 0.4) is 0 Å². The van der Waals surface area contributed by atoms with Crippen molar-refractivity contribution in [2.45, 2.75) is 58.7 Å². The lowest BCUT2D eigenvalue weighted by Gasteiger charge is -2.17. The monoisotopic (exact) mass is 264 g/mol. The Morgan fingerprint density at radius 1 is 1.22 bits per heavy atom. The molecule has 1 atom stereocenters. The van der Waals surface area contributed by atoms with Gasteiger partial charge in [-0.2, -0.15) is 0 Å². The molecule has 0 spiro atoms. The van der Waals surface area contributed by atoms with Gasteiger partial charge in [0, 0.05) is 0 Å². The Hall–Kier alpha value is -0.690. The summed E-state index contributed by atoms with van der Waals surface area (Å²) in [5.74, 6) is -1.02. The number of carbonyl (C=O) groups is 1. The van der Waals surface area contributed by atoms with Crippen LogP contribution in [0.25, 0.3) is 0 Å². The molecule has 0 fully saturated rings. The lowest BCUT2D eigenvalue weighted by atomic mass is 10.2. The van der Waals surface area contributed by atoms with Gasteiger partial charge < -0.3 is 5.11 Å². The molecule has 0 aromatic carbocycles. The first-order chi connectivity index (χ1) is 8.37. The minimum atomic E-state index is -1.02. The van der Waals surface area contributed by atoms with Gasteiger partial charge >= 0.3 is 5.97 Å². The van der Waals surface area contributed by atoms with Crippen molar-refractivity contribution in [3.05, 3.63) is 0 Å². The van der Waals surface area contributed by atoms with Gasteiger partial charge in [-0.05, 0) is 27.2 Å². The Kier molecular flexibility index (Phi) is 8.91. The second-order valence-electron chi connectivity index (χ2n) is 4.90. The lowest BCUT2D eigenvalue weighted by Crippen LogP contribution is -2.25. The van der Waals surface area contributed by atoms with E-state index in [1.807, 2.05) is 27.7 Å². The summed E-state index contributed by atoms with van der Waals surface area (Å²) >= 11 is 0. The first-order valence-corrected chi connectivity index (χ1v) is 6.18. The summed E-state index contributed by atoms with van der Waals surface area (Å²) in [6, 6.07) is 0. The average molecular weight is 264 g/mol. The minimum Gasteiger partial charge on any atom is -0.479 e. The highest BCUT2D eigenvalue weighted by Gasteiger charge is 2.18. The van der Waals surface area contributed by atoms with Crippen LogP contribution in [0.4, 0.5) is 0 Å². The molecule has 1 N–H and O–H groups in total. The van der Waals surface area contributed by atoms with Crippen molar-refractivity contribution in [1.82, 2.24) is 0 Å². The zero-order valence-corrected chi connectivity index (χ0v) is 11.6. The van der Waals surface area contributed by atoms with E-state index in [1.54, 1.807) is 0 Å². The topological polar surface area (TPSA) is 74.2 Å². The molecule has 18 heavy (non-hydrogen) atoms. The van der Waals surface area contributed by atoms with Crippen molar-refractivity contribution >= 4 is 5.97 Å². The first kappa shape index (κ1) is 17.3. The predicted molar refractivity (Wildman–Crippen MR) is 64.8 cm³/mol. The summed E-state index contributed by atoms with van der Waals surface area (Å²) in [5, 5.41) is 8.85. The zero-order valence-electron chi connectivity index (χ0n) is 11.6. The molecule has 0 saturated heterocycles. The van der Waals surface area contributed by atoms with E-state index < -0.39 is 12.1 Å². The summed E-state index contributed by atoms with van der Waals surface area (Å²) < 4.78 is 0. The molecule has 0 aliphatic rings. The Bertz CT molecular complexity index is 223. The molecule has 6 heteroatoms. The molecule has 0 rings (SSSR count). The molecule has 0 aliphatic carbocycles. The fraction of sp³-hybridized carbons (Fsp3) is 0.917. The molecule has 1 unspecified atom stereocenters. The highest BCUT2D eigenvalue weighted by Crippen LogP contribution is 2.07. The normalized spacial score (nSPS) is 13.6. The summed E-state index contributed by atoms with van der Waals surface area (Å²) in [4.78, 5) is 30.2. The van der Waals surface area contributed by atoms with E-state index in [0.717, 1.165) is 12.8 Å². The number of hydrogen-bond acceptors (Lipinski definition) is 5. The SMILES string of the molecule is CCCCC(OOCCOOC(C)(C)C)C(=O)O. The molecule has 0 amide bonds. The van der Waals surface area contributed by atoms with Gasteiger partial charge in [0.1, 0.15) is 13.2 Å². The van der Waals surface area contributed by atoms with Crippen LogP contribution in [0.1, 0.15) is 47.0 Å². The largest absolute Gasteiger partial charge is 0.479 e. The van der Waals surface area contributed by atoms with Crippen molar-refractivity contribution in [3.8, 4) is 0 Å². The third-order valence-electron chi connectivity index (χ3n) is 1.84. The van der Waals surface area contributed by atoms with Crippen molar-refractivity contribution in [1.29, 1.82) is 0 Å². The Morgan fingerprint density at radius 3 is 2.33 bits per heavy atom. The molecule has 0 bridgehead atoms. The Balaban J connectivity index is 3.58. The summed E-state index contributed by atoms with van der Waals surface area (Å²) in [7, 11) is 0. The number of carboxylic acid groups (broad SMARTS) is 1. The smallest absolute Gasteiger partial charge is 0.336 e. The van der Waals surface area contributed by atoms with Crippen LogP contribution in [0.15, 0.2) is 0 Å². The minimum absolute atomic E-state index is 0.117. The summed E-state index contributed by atoms with van der Waals surface area (Å²) in [5.41, 5.74) is -0.383. The fourth-order valence-electron chi connectivity index (χ4n) is 1.02. The number of rotatable bonds is 10. The molecule has 108 valence electrons. The van der Waals surface area contributed by atoms with E-state index in [9.17, 15) is 4.79 Å². The van der Waals surface area contributed by atoms with Crippen molar-refractivity contribution in [3.63, 3.8) is 0 Å². The predicted octanol–water partition coefficient (Wildman–Crippen LogP) is 2.32. The number of aliphatic carboxylic acids is 1. The highest BCUT2D eigenvalue weighted by atomic mass is 17.2. The Morgan fingerprint density at radius 2 is 1.83 bits per heavy atom. The van der Waals surface area contributed by atoms with E-state index >= 15 is 0 Å². The quantitative estimate of drug-likeness (QED) is 0.371. The molecule has 0 aromatic rings. The second-order valence-corrected chi connectivity index (χ2v) is 4.90. The molecular formula is C12H24O6. The fourth-order valence-corrected chi connectivity index (χ4v) is 1.02. The maximum atomic E-state index is 10.8. The van der Waals surface area contributed by atoms with Gasteiger partial charge in [0.05, 0.1) is 5.60 Å². The van der Waals surface area contributed by atoms with Gasteiger partial charge in [-0.25, -0.2) is 24.3 Å². The van der Waals surface area contributed by atoms with Gasteiger partial charge in [-0.1, -0.05) is 19.8 Å².